The van der Waals surface area contributed by atoms with Gasteiger partial charge in [-0.3, -0.25) is 4.79 Å². The number of aromatic hydroxyl groups is 1. The van der Waals surface area contributed by atoms with Gasteiger partial charge in [0.25, 0.3) is 0 Å². The lowest BCUT2D eigenvalue weighted by atomic mass is 10.0. The molecule has 0 aliphatic heterocycles. The summed E-state index contributed by atoms with van der Waals surface area (Å²) in [5.74, 6) is -5.09. The van der Waals surface area contributed by atoms with Gasteiger partial charge in [0.2, 0.25) is 11.7 Å². The lowest BCUT2D eigenvalue weighted by molar-refractivity contribution is -0.131. The van der Waals surface area contributed by atoms with Gasteiger partial charge < -0.3 is 26.0 Å². The van der Waals surface area contributed by atoms with Gasteiger partial charge in [-0.15, -0.1) is 0 Å². The number of Topliss-reactive ketones (excluding diaryl/α,β-unsaturated/α-hetero) is 1. The van der Waals surface area contributed by atoms with Crippen LogP contribution in [0.25, 0.3) is 0 Å². The zero-order chi connectivity index (χ0) is 21.8. The Balaban J connectivity index is 1.84. The van der Waals surface area contributed by atoms with Crippen molar-refractivity contribution in [2.45, 2.75) is 0 Å². The number of carbonyl (C=O) groups excluding carboxylic acids is 1. The minimum absolute atomic E-state index is 0.0274. The molecule has 0 bridgehead atoms. The molecule has 10 nitrogen and oxygen atoms in total. The summed E-state index contributed by atoms with van der Waals surface area (Å²) in [4.78, 5) is 41.8. The summed E-state index contributed by atoms with van der Waals surface area (Å²) in [6.07, 6.45) is 5.72. The molecule has 0 atom stereocenters. The largest absolute Gasteiger partial charge is 0.507 e. The summed E-state index contributed by atoms with van der Waals surface area (Å²) >= 11 is 0. The van der Waals surface area contributed by atoms with Crippen LogP contribution in [0.15, 0.2) is 60.0 Å². The Labute approximate surface area is 167 Å². The van der Waals surface area contributed by atoms with Gasteiger partial charge in [0.1, 0.15) is 11.3 Å². The van der Waals surface area contributed by atoms with E-state index in [1.807, 2.05) is 0 Å². The summed E-state index contributed by atoms with van der Waals surface area (Å²) in [6.45, 7) is 0. The van der Waals surface area contributed by atoms with Crippen molar-refractivity contribution in [1.29, 1.82) is 0 Å². The number of nitrogens with zero attached hydrogens (tertiary/aromatic N) is 2. The fourth-order valence-corrected chi connectivity index (χ4v) is 2.46. The molecule has 0 saturated carbocycles. The number of benzene rings is 1. The zero-order valence-electron chi connectivity index (χ0n) is 15.0. The van der Waals surface area contributed by atoms with E-state index in [0.29, 0.717) is 0 Å². The van der Waals surface area contributed by atoms with Crippen LogP contribution in [0.4, 0.5) is 21.8 Å². The Morgan fingerprint density at radius 1 is 1.17 bits per heavy atom. The van der Waals surface area contributed by atoms with Gasteiger partial charge >= 0.3 is 11.9 Å². The lowest BCUT2D eigenvalue weighted by Gasteiger charge is -2.13. The van der Waals surface area contributed by atoms with Gasteiger partial charge in [0, 0.05) is 17.3 Å². The molecule has 1 aromatic heterocycles. The molecule has 0 saturated heterocycles. The number of hydrogen-bond donors (Lipinski definition) is 5. The number of anilines is 3. The number of aromatic carboxylic acids is 1. The molecule has 1 heterocycles. The van der Waals surface area contributed by atoms with Crippen molar-refractivity contribution in [1.82, 2.24) is 9.97 Å². The van der Waals surface area contributed by atoms with E-state index < -0.39 is 34.9 Å². The van der Waals surface area contributed by atoms with E-state index in [4.69, 9.17) is 10.2 Å². The Bertz CT molecular complexity index is 1160. The number of rotatable bonds is 6. The second-order valence-electron chi connectivity index (χ2n) is 5.88. The third-order valence-electron chi connectivity index (χ3n) is 3.80. The Hall–Kier alpha value is -4.54. The van der Waals surface area contributed by atoms with Crippen molar-refractivity contribution in [3.05, 3.63) is 71.4 Å². The molecule has 0 amide bonds. The van der Waals surface area contributed by atoms with E-state index in [0.717, 1.165) is 24.4 Å². The molecule has 5 N–H and O–H groups in total. The maximum atomic E-state index is 14.1. The normalized spacial score (nSPS) is 14.4. The topological polar surface area (TPSA) is 162 Å². The van der Waals surface area contributed by atoms with Crippen molar-refractivity contribution < 1.29 is 34.1 Å². The van der Waals surface area contributed by atoms with Crippen LogP contribution in [0.2, 0.25) is 0 Å². The standard InChI is InChI=1S/C19H13FN4O6/c20-12-8-21-19(23-13-3-1-2-9(16(13)28)6-15(26)27)24-17(12)22-10-4-5-14(25)11(7-10)18(29)30/h1-8,25H,(H,26,27)(H,29,30)(H2,21,22,23,24). The highest BCUT2D eigenvalue weighted by molar-refractivity contribution is 6.14. The van der Waals surface area contributed by atoms with Crippen LogP contribution >= 0.6 is 0 Å². The number of carboxylic acid groups (broad SMARTS) is 2. The van der Waals surface area contributed by atoms with Crippen molar-refractivity contribution in [3.63, 3.8) is 0 Å². The number of ketones is 1. The second-order valence-corrected chi connectivity index (χ2v) is 5.88. The Kier molecular flexibility index (Phi) is 5.54. The monoisotopic (exact) mass is 412 g/mol. The van der Waals surface area contributed by atoms with Crippen molar-refractivity contribution >= 4 is 35.2 Å². The summed E-state index contributed by atoms with van der Waals surface area (Å²) in [6, 6.07) is 3.53. The lowest BCUT2D eigenvalue weighted by Crippen LogP contribution is -2.17. The van der Waals surface area contributed by atoms with Gasteiger partial charge in [0.05, 0.1) is 11.9 Å². The number of aromatic nitrogens is 2. The van der Waals surface area contributed by atoms with Gasteiger partial charge in [-0.05, 0) is 24.3 Å². The minimum atomic E-state index is -1.37. The van der Waals surface area contributed by atoms with Crippen molar-refractivity contribution in [3.8, 4) is 5.75 Å². The van der Waals surface area contributed by atoms with Crippen LogP contribution in [0.3, 0.4) is 0 Å². The average Bonchev–Trinajstić information content (AvgIpc) is 2.68. The van der Waals surface area contributed by atoms with E-state index in [1.54, 1.807) is 0 Å². The van der Waals surface area contributed by atoms with Crippen LogP contribution in [-0.2, 0) is 9.59 Å². The average molecular weight is 412 g/mol. The molecule has 152 valence electrons. The summed E-state index contributed by atoms with van der Waals surface area (Å²) < 4.78 is 14.1. The number of halogens is 1. The van der Waals surface area contributed by atoms with Gasteiger partial charge in [0.15, 0.2) is 11.6 Å². The van der Waals surface area contributed by atoms with Crippen molar-refractivity contribution in [2.75, 3.05) is 10.6 Å². The van der Waals surface area contributed by atoms with E-state index >= 15 is 0 Å². The summed E-state index contributed by atoms with van der Waals surface area (Å²) in [7, 11) is 0. The van der Waals surface area contributed by atoms with E-state index in [2.05, 4.69) is 20.6 Å². The van der Waals surface area contributed by atoms with Crippen LogP contribution < -0.4 is 10.6 Å². The molecular weight excluding hydrogens is 399 g/mol. The third-order valence-corrected chi connectivity index (χ3v) is 3.80. The summed E-state index contributed by atoms with van der Waals surface area (Å²) in [5.41, 5.74) is -0.356. The Morgan fingerprint density at radius 2 is 1.93 bits per heavy atom. The SMILES string of the molecule is O=C(O)C=C1C=CC=C(Nc2ncc(F)c(Nc3ccc(O)c(C(=O)O)c3)n2)C1=O. The van der Waals surface area contributed by atoms with E-state index in [-0.39, 0.29) is 28.7 Å². The molecule has 1 aromatic carbocycles. The summed E-state index contributed by atoms with van der Waals surface area (Å²) in [5, 5.41) is 32.6. The molecule has 30 heavy (non-hydrogen) atoms. The number of carboxylic acids is 2. The number of phenols is 1. The van der Waals surface area contributed by atoms with Crippen LogP contribution in [-0.4, -0.2) is 43.0 Å². The highest BCUT2D eigenvalue weighted by atomic mass is 19.1. The fourth-order valence-electron chi connectivity index (χ4n) is 2.46. The predicted molar refractivity (Wildman–Crippen MR) is 102 cm³/mol. The first-order valence-electron chi connectivity index (χ1n) is 8.25. The highest BCUT2D eigenvalue weighted by Gasteiger charge is 2.19. The molecule has 3 rings (SSSR count). The number of nitrogens with one attached hydrogen (secondary N) is 2. The molecule has 11 heteroatoms. The maximum absolute atomic E-state index is 14.1. The fraction of sp³-hybridized carbons (Fsp3) is 0. The molecule has 0 fully saturated rings. The minimum Gasteiger partial charge on any atom is -0.507 e. The molecule has 2 aromatic rings. The zero-order valence-corrected chi connectivity index (χ0v) is 15.0. The number of hydrogen-bond acceptors (Lipinski definition) is 8. The van der Waals surface area contributed by atoms with E-state index in [9.17, 15) is 23.9 Å². The molecule has 0 radical (unpaired) electrons. The molecule has 0 spiro atoms. The van der Waals surface area contributed by atoms with E-state index in [1.165, 1.54) is 24.3 Å². The first-order valence-corrected chi connectivity index (χ1v) is 8.25. The quantitative estimate of drug-likeness (QED) is 0.351. The first-order chi connectivity index (χ1) is 14.2. The van der Waals surface area contributed by atoms with Crippen LogP contribution in [0, 0.1) is 5.82 Å². The molecule has 1 aliphatic carbocycles. The number of carbonyl (C=O) groups is 3. The molecule has 1 aliphatic rings. The predicted octanol–water partition coefficient (Wildman–Crippen LogP) is 2.21. The van der Waals surface area contributed by atoms with Crippen LogP contribution in [0.1, 0.15) is 10.4 Å². The third kappa shape index (κ3) is 4.47. The van der Waals surface area contributed by atoms with Gasteiger partial charge in [-0.25, -0.2) is 19.0 Å². The first kappa shape index (κ1) is 20.2. The van der Waals surface area contributed by atoms with Crippen LogP contribution in [0.5, 0.6) is 5.75 Å². The maximum Gasteiger partial charge on any atom is 0.339 e. The molecular formula is C19H13FN4O6. The van der Waals surface area contributed by atoms with Gasteiger partial charge in [-0.1, -0.05) is 12.2 Å². The number of aliphatic carboxylic acids is 1. The Morgan fingerprint density at radius 3 is 2.63 bits per heavy atom. The van der Waals surface area contributed by atoms with Crippen molar-refractivity contribution in [2.24, 2.45) is 0 Å². The van der Waals surface area contributed by atoms with Gasteiger partial charge in [-0.2, -0.15) is 4.98 Å². The molecule has 0 unspecified atom stereocenters. The highest BCUT2D eigenvalue weighted by Crippen LogP contribution is 2.25. The number of allylic oxidation sites excluding steroid dienone is 4. The smallest absolute Gasteiger partial charge is 0.339 e. The second kappa shape index (κ2) is 8.22.